The lowest BCUT2D eigenvalue weighted by Gasteiger charge is -2.11. The van der Waals surface area contributed by atoms with Crippen LogP contribution in [-0.2, 0) is 6.42 Å². The van der Waals surface area contributed by atoms with Crippen molar-refractivity contribution < 1.29 is 4.74 Å². The second kappa shape index (κ2) is 5.80. The van der Waals surface area contributed by atoms with E-state index in [1.165, 1.54) is 5.56 Å². The fourth-order valence-electron chi connectivity index (χ4n) is 2.09. The third-order valence-corrected chi connectivity index (χ3v) is 3.61. The Kier molecular flexibility index (Phi) is 4.32. The van der Waals surface area contributed by atoms with Crippen LogP contribution < -0.4 is 4.74 Å². The highest BCUT2D eigenvalue weighted by atomic mass is 79.9. The highest BCUT2D eigenvalue weighted by Gasteiger charge is 2.14. The number of ether oxygens (including phenoxy) is 1. The van der Waals surface area contributed by atoms with E-state index < -0.39 is 0 Å². The predicted octanol–water partition coefficient (Wildman–Crippen LogP) is 3.95. The molecule has 0 aliphatic heterocycles. The molecule has 0 aliphatic carbocycles. The van der Waals surface area contributed by atoms with Gasteiger partial charge in [0.15, 0.2) is 0 Å². The zero-order valence-electron chi connectivity index (χ0n) is 11.6. The van der Waals surface area contributed by atoms with Crippen molar-refractivity contribution in [2.45, 2.75) is 13.3 Å². The van der Waals surface area contributed by atoms with E-state index in [2.05, 4.69) is 52.6 Å². The molecule has 2 rings (SSSR count). The van der Waals surface area contributed by atoms with Crippen LogP contribution in [0.25, 0.3) is 10.9 Å². The van der Waals surface area contributed by atoms with E-state index >= 15 is 0 Å². The molecular weight excluding hydrogens is 304 g/mol. The molecule has 0 unspecified atom stereocenters. The average Bonchev–Trinajstić information content (AvgIpc) is 2.62. The molecule has 102 valence electrons. The van der Waals surface area contributed by atoms with Gasteiger partial charge in [-0.3, -0.25) is 0 Å². The van der Waals surface area contributed by atoms with Gasteiger partial charge in [-0.1, -0.05) is 12.6 Å². The van der Waals surface area contributed by atoms with Crippen molar-refractivity contribution in [1.82, 2.24) is 9.88 Å². The summed E-state index contributed by atoms with van der Waals surface area (Å²) in [5, 5.41) is 1.14. The van der Waals surface area contributed by atoms with Gasteiger partial charge in [0.2, 0.25) is 0 Å². The maximum absolute atomic E-state index is 5.74. The number of nitrogens with one attached hydrogen (secondary N) is 1. The van der Waals surface area contributed by atoms with Crippen LogP contribution in [0.4, 0.5) is 0 Å². The summed E-state index contributed by atoms with van der Waals surface area (Å²) in [5.74, 6) is 1.56. The summed E-state index contributed by atoms with van der Waals surface area (Å²) >= 11 is 3.61. The van der Waals surface area contributed by atoms with Crippen LogP contribution in [-0.4, -0.2) is 30.5 Å². The summed E-state index contributed by atoms with van der Waals surface area (Å²) < 4.78 is 6.77. The minimum atomic E-state index is 0.698. The van der Waals surface area contributed by atoms with Gasteiger partial charge in [-0.05, 0) is 61.1 Å². The van der Waals surface area contributed by atoms with Crippen molar-refractivity contribution >= 4 is 26.8 Å². The van der Waals surface area contributed by atoms with E-state index in [9.17, 15) is 0 Å². The zero-order chi connectivity index (χ0) is 14.0. The summed E-state index contributed by atoms with van der Waals surface area (Å²) in [7, 11) is 4.15. The lowest BCUT2D eigenvalue weighted by molar-refractivity contribution is 0.413. The summed E-state index contributed by atoms with van der Waals surface area (Å²) in [6.07, 6.45) is 0.962. The van der Waals surface area contributed by atoms with Gasteiger partial charge in [-0.2, -0.15) is 0 Å². The van der Waals surface area contributed by atoms with Crippen LogP contribution in [0.3, 0.4) is 0 Å². The Bertz CT molecular complexity index is 601. The van der Waals surface area contributed by atoms with Crippen molar-refractivity contribution in [2.75, 3.05) is 20.6 Å². The van der Waals surface area contributed by atoms with Crippen molar-refractivity contribution in [1.29, 1.82) is 0 Å². The summed E-state index contributed by atoms with van der Waals surface area (Å²) in [6.45, 7) is 6.67. The van der Waals surface area contributed by atoms with Gasteiger partial charge < -0.3 is 14.6 Å². The molecule has 0 spiro atoms. The fourth-order valence-corrected chi connectivity index (χ4v) is 2.70. The number of hydrogen-bond donors (Lipinski definition) is 1. The van der Waals surface area contributed by atoms with Gasteiger partial charge >= 0.3 is 0 Å². The number of aromatic nitrogens is 1. The number of fused-ring (bicyclic) bond motifs is 1. The predicted molar refractivity (Wildman–Crippen MR) is 83.7 cm³/mol. The lowest BCUT2D eigenvalue weighted by atomic mass is 10.1. The molecule has 19 heavy (non-hydrogen) atoms. The monoisotopic (exact) mass is 322 g/mol. The molecular formula is C15H19BrN2O. The number of allylic oxidation sites excluding steroid dienone is 1. The van der Waals surface area contributed by atoms with Crippen molar-refractivity contribution in [3.63, 3.8) is 0 Å². The maximum atomic E-state index is 5.74. The van der Waals surface area contributed by atoms with E-state index in [0.717, 1.165) is 34.2 Å². The fraction of sp³-hybridized carbons (Fsp3) is 0.333. The topological polar surface area (TPSA) is 28.3 Å². The minimum Gasteiger partial charge on any atom is -0.462 e. The molecule has 1 aromatic carbocycles. The second-order valence-electron chi connectivity index (χ2n) is 4.95. The number of halogens is 1. The van der Waals surface area contributed by atoms with Crippen LogP contribution in [0.2, 0.25) is 0 Å². The lowest BCUT2D eigenvalue weighted by Crippen LogP contribution is -2.15. The highest BCUT2D eigenvalue weighted by Crippen LogP contribution is 2.34. The van der Waals surface area contributed by atoms with Gasteiger partial charge in [-0.15, -0.1) is 0 Å². The molecule has 3 nitrogen and oxygen atoms in total. The van der Waals surface area contributed by atoms with E-state index in [1.807, 2.05) is 19.1 Å². The molecule has 0 radical (unpaired) electrons. The number of rotatable bonds is 5. The first-order valence-electron chi connectivity index (χ1n) is 6.26. The van der Waals surface area contributed by atoms with E-state index in [1.54, 1.807) is 0 Å². The van der Waals surface area contributed by atoms with Gasteiger partial charge in [0.1, 0.15) is 5.75 Å². The molecule has 0 amide bonds. The first-order valence-corrected chi connectivity index (χ1v) is 7.05. The van der Waals surface area contributed by atoms with Crippen molar-refractivity contribution in [3.8, 4) is 5.75 Å². The first kappa shape index (κ1) is 14.2. The molecule has 0 aliphatic rings. The average molecular weight is 323 g/mol. The summed E-state index contributed by atoms with van der Waals surface area (Å²) in [5.41, 5.74) is 2.33. The Labute approximate surface area is 122 Å². The Morgan fingerprint density at radius 2 is 2.16 bits per heavy atom. The van der Waals surface area contributed by atoms with Gasteiger partial charge in [0, 0.05) is 11.9 Å². The standard InChI is InChI=1S/C15H19BrN2O/c1-10(2)19-13-7-5-6-12-14(13)11(15(16)17-12)8-9-18(3)4/h5-7,17H,1,8-9H2,2-4H3. The molecule has 0 saturated carbocycles. The maximum Gasteiger partial charge on any atom is 0.136 e. The Morgan fingerprint density at radius 1 is 1.42 bits per heavy atom. The van der Waals surface area contributed by atoms with Crippen molar-refractivity contribution in [2.24, 2.45) is 0 Å². The van der Waals surface area contributed by atoms with Crippen LogP contribution >= 0.6 is 15.9 Å². The van der Waals surface area contributed by atoms with E-state index in [4.69, 9.17) is 4.74 Å². The van der Waals surface area contributed by atoms with Crippen LogP contribution in [0.1, 0.15) is 12.5 Å². The number of likely N-dealkylation sites (N-methyl/N-ethyl adjacent to an activating group) is 1. The Balaban J connectivity index is 2.48. The molecule has 0 saturated heterocycles. The van der Waals surface area contributed by atoms with Gasteiger partial charge in [0.05, 0.1) is 15.9 Å². The number of H-pyrrole nitrogens is 1. The number of hydrogen-bond acceptors (Lipinski definition) is 2. The highest BCUT2D eigenvalue weighted by molar-refractivity contribution is 9.10. The quantitative estimate of drug-likeness (QED) is 0.844. The van der Waals surface area contributed by atoms with E-state index in [0.29, 0.717) is 5.76 Å². The molecule has 1 aromatic heterocycles. The Morgan fingerprint density at radius 3 is 2.79 bits per heavy atom. The molecule has 4 heteroatoms. The number of benzene rings is 1. The number of aromatic amines is 1. The third-order valence-electron chi connectivity index (χ3n) is 2.93. The van der Waals surface area contributed by atoms with E-state index in [-0.39, 0.29) is 0 Å². The summed E-state index contributed by atoms with van der Waals surface area (Å²) in [6, 6.07) is 6.03. The van der Waals surface area contributed by atoms with Crippen LogP contribution in [0.5, 0.6) is 5.75 Å². The van der Waals surface area contributed by atoms with Crippen LogP contribution in [0, 0.1) is 0 Å². The minimum absolute atomic E-state index is 0.698. The molecule has 0 bridgehead atoms. The normalized spacial score (nSPS) is 11.2. The van der Waals surface area contributed by atoms with Crippen molar-refractivity contribution in [3.05, 3.63) is 40.7 Å². The smallest absolute Gasteiger partial charge is 0.136 e. The molecule has 0 fully saturated rings. The second-order valence-corrected chi connectivity index (χ2v) is 5.75. The molecule has 2 aromatic rings. The molecule has 1 heterocycles. The SMILES string of the molecule is C=C(C)Oc1cccc2[nH]c(Br)c(CCN(C)C)c12. The van der Waals surface area contributed by atoms with Crippen LogP contribution in [0.15, 0.2) is 35.1 Å². The Hall–Kier alpha value is -1.26. The molecule has 0 atom stereocenters. The number of nitrogens with zero attached hydrogens (tertiary/aromatic N) is 1. The first-order chi connectivity index (χ1) is 8.99. The molecule has 1 N–H and O–H groups in total. The third kappa shape index (κ3) is 3.19. The van der Waals surface area contributed by atoms with Gasteiger partial charge in [0.25, 0.3) is 0 Å². The van der Waals surface area contributed by atoms with Gasteiger partial charge in [-0.25, -0.2) is 0 Å². The summed E-state index contributed by atoms with van der Waals surface area (Å²) in [4.78, 5) is 5.53. The largest absolute Gasteiger partial charge is 0.462 e. The zero-order valence-corrected chi connectivity index (χ0v) is 13.2.